The second-order valence-corrected chi connectivity index (χ2v) is 4.42. The maximum absolute atomic E-state index is 11.1. The van der Waals surface area contributed by atoms with Crippen LogP contribution in [0.2, 0.25) is 0 Å². The molecule has 0 aromatic heterocycles. The Kier molecular flexibility index (Phi) is 4.33. The van der Waals surface area contributed by atoms with Crippen LogP contribution in [0.15, 0.2) is 29.2 Å². The first-order chi connectivity index (χ1) is 6.24. The lowest BCUT2D eigenvalue weighted by Gasteiger charge is -2.04. The van der Waals surface area contributed by atoms with E-state index >= 15 is 0 Å². The number of hydrogen-bond acceptors (Lipinski definition) is 1. The maximum atomic E-state index is 11.1. The smallest absolute Gasteiger partial charge is 0.152 e. The Balaban J connectivity index is 2.59. The predicted octanol–water partition coefficient (Wildman–Crippen LogP) is 2.58. The molecule has 1 aromatic carbocycles. The second-order valence-electron chi connectivity index (χ2n) is 3.04. The van der Waals surface area contributed by atoms with Crippen LogP contribution in [0.3, 0.4) is 0 Å². The summed E-state index contributed by atoms with van der Waals surface area (Å²) in [4.78, 5) is 0.907. The van der Waals surface area contributed by atoms with Gasteiger partial charge in [0.15, 0.2) is 4.90 Å². The molecule has 2 heteroatoms. The molecule has 0 fully saturated rings. The Bertz CT molecular complexity index is 241. The van der Waals surface area contributed by atoms with Crippen molar-refractivity contribution in [2.75, 3.05) is 6.26 Å². The van der Waals surface area contributed by atoms with Gasteiger partial charge in [0, 0.05) is 0 Å². The van der Waals surface area contributed by atoms with E-state index in [0.717, 1.165) is 17.7 Å². The molecule has 0 N–H and O–H groups in total. The molecule has 1 aromatic rings. The van der Waals surface area contributed by atoms with E-state index < -0.39 is 11.2 Å². The van der Waals surface area contributed by atoms with Gasteiger partial charge in [0.05, 0.1) is 0 Å². The highest BCUT2D eigenvalue weighted by Crippen LogP contribution is 2.11. The zero-order valence-corrected chi connectivity index (χ0v) is 8.93. The maximum Gasteiger partial charge on any atom is 0.152 e. The van der Waals surface area contributed by atoms with E-state index in [2.05, 4.69) is 25.5 Å². The summed E-state index contributed by atoms with van der Waals surface area (Å²) in [5.74, 6) is 0. The molecule has 0 aliphatic heterocycles. The minimum Gasteiger partial charge on any atom is -0.612 e. The average Bonchev–Trinajstić information content (AvgIpc) is 2.15. The summed E-state index contributed by atoms with van der Waals surface area (Å²) in [6.45, 7) is 2.06. The molecule has 1 radical (unpaired) electrons. The van der Waals surface area contributed by atoms with Crippen LogP contribution in [-0.2, 0) is 17.6 Å². The van der Waals surface area contributed by atoms with Crippen molar-refractivity contribution < 1.29 is 4.55 Å². The average molecular weight is 195 g/mol. The first-order valence-electron chi connectivity index (χ1n) is 4.44. The van der Waals surface area contributed by atoms with Gasteiger partial charge >= 0.3 is 0 Å². The Morgan fingerprint density at radius 3 is 2.38 bits per heavy atom. The van der Waals surface area contributed by atoms with Crippen molar-refractivity contribution in [3.63, 3.8) is 0 Å². The minimum absolute atomic E-state index is 0.851. The van der Waals surface area contributed by atoms with Crippen molar-refractivity contribution in [3.8, 4) is 0 Å². The molecule has 71 valence electrons. The largest absolute Gasteiger partial charge is 0.612 e. The van der Waals surface area contributed by atoms with Crippen LogP contribution in [0.25, 0.3) is 0 Å². The molecule has 0 spiro atoms. The molecule has 0 aliphatic rings. The minimum atomic E-state index is -0.851. The first kappa shape index (κ1) is 10.6. The van der Waals surface area contributed by atoms with Gasteiger partial charge < -0.3 is 4.55 Å². The molecule has 0 heterocycles. The molecule has 0 bridgehead atoms. The summed E-state index contributed by atoms with van der Waals surface area (Å²) in [5, 5.41) is 0. The van der Waals surface area contributed by atoms with Crippen molar-refractivity contribution in [1.29, 1.82) is 0 Å². The molecular weight excluding hydrogens is 180 g/mol. The van der Waals surface area contributed by atoms with Crippen LogP contribution < -0.4 is 0 Å². The zero-order chi connectivity index (χ0) is 9.68. The van der Waals surface area contributed by atoms with E-state index in [-0.39, 0.29) is 0 Å². The summed E-state index contributed by atoms with van der Waals surface area (Å²) in [6, 6.07) is 8.00. The zero-order valence-electron chi connectivity index (χ0n) is 8.12. The standard InChI is InChI=1S/C11H15OS/c1-3-4-5-10-6-8-11(9-7-10)13(2)12/h3,6-9H,4-5H2,1-2H3. The first-order valence-corrected chi connectivity index (χ1v) is 6.00. The molecular formula is C11H15OS. The fraction of sp³-hybridized carbons (Fsp3) is 0.364. The van der Waals surface area contributed by atoms with Crippen LogP contribution in [-0.4, -0.2) is 10.8 Å². The third kappa shape index (κ3) is 3.41. The van der Waals surface area contributed by atoms with E-state index in [1.54, 1.807) is 6.26 Å². The number of benzene rings is 1. The van der Waals surface area contributed by atoms with Crippen LogP contribution in [0.1, 0.15) is 18.9 Å². The molecule has 0 saturated heterocycles. The van der Waals surface area contributed by atoms with E-state index in [0.29, 0.717) is 0 Å². The van der Waals surface area contributed by atoms with Crippen molar-refractivity contribution >= 4 is 11.2 Å². The number of aryl methyl sites for hydroxylation is 1. The van der Waals surface area contributed by atoms with Gasteiger partial charge in [0.1, 0.15) is 6.26 Å². The van der Waals surface area contributed by atoms with Gasteiger partial charge in [-0.3, -0.25) is 0 Å². The molecule has 1 nitrogen and oxygen atoms in total. The SMILES string of the molecule is C[CH]CCc1ccc([S+](C)[O-])cc1. The second kappa shape index (κ2) is 5.30. The molecule has 1 rings (SSSR count). The monoisotopic (exact) mass is 195 g/mol. The van der Waals surface area contributed by atoms with Gasteiger partial charge in [-0.2, -0.15) is 0 Å². The fourth-order valence-corrected chi connectivity index (χ4v) is 1.68. The summed E-state index contributed by atoms with van der Waals surface area (Å²) < 4.78 is 11.1. The van der Waals surface area contributed by atoms with E-state index in [4.69, 9.17) is 0 Å². The summed E-state index contributed by atoms with van der Waals surface area (Å²) in [7, 11) is 0. The van der Waals surface area contributed by atoms with Crippen LogP contribution in [0, 0.1) is 6.42 Å². The Morgan fingerprint density at radius 1 is 1.31 bits per heavy atom. The highest BCUT2D eigenvalue weighted by Gasteiger charge is 2.02. The van der Waals surface area contributed by atoms with Gasteiger partial charge in [0.2, 0.25) is 0 Å². The molecule has 1 atom stereocenters. The Hall–Kier alpha value is -0.470. The van der Waals surface area contributed by atoms with Gasteiger partial charge in [-0.05, 0) is 48.1 Å². The lowest BCUT2D eigenvalue weighted by molar-refractivity contribution is 0.601. The quantitative estimate of drug-likeness (QED) is 0.677. The van der Waals surface area contributed by atoms with Crippen LogP contribution in [0.4, 0.5) is 0 Å². The van der Waals surface area contributed by atoms with Crippen molar-refractivity contribution in [3.05, 3.63) is 36.2 Å². The fourth-order valence-electron chi connectivity index (χ4n) is 1.16. The van der Waals surface area contributed by atoms with E-state index in [1.165, 1.54) is 5.56 Å². The van der Waals surface area contributed by atoms with Gasteiger partial charge in [0.25, 0.3) is 0 Å². The molecule has 13 heavy (non-hydrogen) atoms. The molecule has 1 unspecified atom stereocenters. The van der Waals surface area contributed by atoms with E-state index in [9.17, 15) is 4.55 Å². The highest BCUT2D eigenvalue weighted by molar-refractivity contribution is 7.90. The third-order valence-corrected chi connectivity index (χ3v) is 2.91. The number of unbranched alkanes of at least 4 members (excludes halogenated alkanes) is 1. The molecule has 0 saturated carbocycles. The Morgan fingerprint density at radius 2 is 1.92 bits per heavy atom. The lowest BCUT2D eigenvalue weighted by atomic mass is 10.1. The van der Waals surface area contributed by atoms with Crippen LogP contribution >= 0.6 is 0 Å². The van der Waals surface area contributed by atoms with E-state index in [1.807, 2.05) is 12.1 Å². The Labute approximate surface area is 83.4 Å². The van der Waals surface area contributed by atoms with Crippen LogP contribution in [0.5, 0.6) is 0 Å². The normalized spacial score (nSPS) is 12.8. The highest BCUT2D eigenvalue weighted by atomic mass is 32.2. The summed E-state index contributed by atoms with van der Waals surface area (Å²) in [5.41, 5.74) is 1.31. The summed E-state index contributed by atoms with van der Waals surface area (Å²) in [6.07, 6.45) is 6.04. The number of hydrogen-bond donors (Lipinski definition) is 0. The summed E-state index contributed by atoms with van der Waals surface area (Å²) >= 11 is -0.851. The van der Waals surface area contributed by atoms with Crippen molar-refractivity contribution in [2.45, 2.75) is 24.7 Å². The van der Waals surface area contributed by atoms with Crippen molar-refractivity contribution in [1.82, 2.24) is 0 Å². The molecule has 0 aliphatic carbocycles. The number of rotatable bonds is 4. The van der Waals surface area contributed by atoms with Crippen molar-refractivity contribution in [2.24, 2.45) is 0 Å². The molecule has 0 amide bonds. The van der Waals surface area contributed by atoms with Gasteiger partial charge in [-0.25, -0.2) is 0 Å². The predicted molar refractivity (Wildman–Crippen MR) is 57.1 cm³/mol. The van der Waals surface area contributed by atoms with Gasteiger partial charge in [-0.15, -0.1) is 0 Å². The van der Waals surface area contributed by atoms with Gasteiger partial charge in [-0.1, -0.05) is 19.1 Å². The third-order valence-electron chi connectivity index (χ3n) is 1.98. The lowest BCUT2D eigenvalue weighted by Crippen LogP contribution is -1.97. The topological polar surface area (TPSA) is 23.1 Å².